The molecule has 0 unspecified atom stereocenters. The summed E-state index contributed by atoms with van der Waals surface area (Å²) in [6.07, 6.45) is 4.65. The van der Waals surface area contributed by atoms with Crippen LogP contribution in [0.3, 0.4) is 0 Å². The number of hydrogen-bond donors (Lipinski definition) is 1. The highest BCUT2D eigenvalue weighted by molar-refractivity contribution is 6.36. The first-order valence-electron chi connectivity index (χ1n) is 11.5. The standard InChI is InChI=1S/C26H30ClN3O2/c1-2-30(18-19-9-4-3-5-10-19)16-8-15-28-26(31)32-20-13-14-22-24(17-20)29-23-12-7-6-11-21(23)25(22)27/h3-5,9-10,13-14,17H,2,6-8,11-12,15-16,18H2,1H3,(H,28,31). The van der Waals surface area contributed by atoms with Crippen molar-refractivity contribution in [3.63, 3.8) is 0 Å². The number of carbonyl (C=O) groups excluding carboxylic acids is 1. The summed E-state index contributed by atoms with van der Waals surface area (Å²) < 4.78 is 5.49. The normalized spacial score (nSPS) is 13.2. The molecule has 0 saturated heterocycles. The van der Waals surface area contributed by atoms with Gasteiger partial charge in [-0.3, -0.25) is 9.88 Å². The highest BCUT2D eigenvalue weighted by atomic mass is 35.5. The lowest BCUT2D eigenvalue weighted by Gasteiger charge is -2.20. The molecule has 4 rings (SSSR count). The number of benzene rings is 2. The predicted molar refractivity (Wildman–Crippen MR) is 129 cm³/mol. The van der Waals surface area contributed by atoms with Crippen LogP contribution in [0.4, 0.5) is 4.79 Å². The molecular formula is C26H30ClN3O2. The van der Waals surface area contributed by atoms with Gasteiger partial charge >= 0.3 is 6.09 Å². The lowest BCUT2D eigenvalue weighted by atomic mass is 9.94. The first-order valence-corrected chi connectivity index (χ1v) is 11.8. The lowest BCUT2D eigenvalue weighted by Crippen LogP contribution is -2.31. The Morgan fingerprint density at radius 3 is 2.78 bits per heavy atom. The molecule has 1 aliphatic carbocycles. The van der Waals surface area contributed by atoms with Crippen molar-refractivity contribution in [2.24, 2.45) is 0 Å². The molecule has 0 saturated carbocycles. The number of pyridine rings is 1. The topological polar surface area (TPSA) is 54.5 Å². The van der Waals surface area contributed by atoms with E-state index in [4.69, 9.17) is 21.3 Å². The van der Waals surface area contributed by atoms with E-state index in [2.05, 4.69) is 41.4 Å². The molecule has 0 atom stereocenters. The van der Waals surface area contributed by atoms with Crippen molar-refractivity contribution in [1.29, 1.82) is 0 Å². The molecule has 1 heterocycles. The number of amides is 1. The summed E-state index contributed by atoms with van der Waals surface area (Å²) in [5.41, 5.74) is 4.32. The summed E-state index contributed by atoms with van der Waals surface area (Å²) in [5.74, 6) is 0.480. The van der Waals surface area contributed by atoms with Gasteiger partial charge in [0.15, 0.2) is 0 Å². The summed E-state index contributed by atoms with van der Waals surface area (Å²) in [6.45, 7) is 5.51. The smallest absolute Gasteiger partial charge is 0.410 e. The van der Waals surface area contributed by atoms with Crippen molar-refractivity contribution >= 4 is 28.6 Å². The van der Waals surface area contributed by atoms with E-state index >= 15 is 0 Å². The summed E-state index contributed by atoms with van der Waals surface area (Å²) in [6, 6.07) is 15.9. The van der Waals surface area contributed by atoms with Gasteiger partial charge in [-0.1, -0.05) is 48.9 Å². The van der Waals surface area contributed by atoms with Crippen molar-refractivity contribution in [3.05, 3.63) is 70.4 Å². The Bertz CT molecular complexity index is 1070. The fourth-order valence-electron chi connectivity index (χ4n) is 4.24. The molecule has 1 aromatic heterocycles. The van der Waals surface area contributed by atoms with E-state index in [1.165, 1.54) is 11.1 Å². The van der Waals surface area contributed by atoms with Gasteiger partial charge in [0.05, 0.1) is 10.5 Å². The molecule has 6 heteroatoms. The molecule has 32 heavy (non-hydrogen) atoms. The van der Waals surface area contributed by atoms with Crippen LogP contribution in [0.1, 0.15) is 43.0 Å². The second-order valence-corrected chi connectivity index (χ2v) is 8.64. The number of aryl methyl sites for hydroxylation is 1. The lowest BCUT2D eigenvalue weighted by molar-refractivity contribution is 0.199. The summed E-state index contributed by atoms with van der Waals surface area (Å²) in [5, 5.41) is 4.55. The van der Waals surface area contributed by atoms with Crippen molar-refractivity contribution in [1.82, 2.24) is 15.2 Å². The Morgan fingerprint density at radius 2 is 1.97 bits per heavy atom. The third kappa shape index (κ3) is 5.59. The highest BCUT2D eigenvalue weighted by Crippen LogP contribution is 2.34. The summed E-state index contributed by atoms with van der Waals surface area (Å²) in [4.78, 5) is 19.4. The van der Waals surface area contributed by atoms with Crippen LogP contribution in [0.25, 0.3) is 10.9 Å². The van der Waals surface area contributed by atoms with Crippen molar-refractivity contribution in [2.45, 2.75) is 45.6 Å². The van der Waals surface area contributed by atoms with Gasteiger partial charge in [-0.15, -0.1) is 0 Å². The Kier molecular flexibility index (Phi) is 7.61. The molecule has 0 spiro atoms. The molecule has 1 amide bonds. The van der Waals surface area contributed by atoms with E-state index in [0.29, 0.717) is 12.3 Å². The minimum Gasteiger partial charge on any atom is -0.410 e. The van der Waals surface area contributed by atoms with E-state index in [1.807, 2.05) is 12.1 Å². The Hall–Kier alpha value is -2.63. The maximum Gasteiger partial charge on any atom is 0.412 e. The van der Waals surface area contributed by atoms with Gasteiger partial charge in [-0.25, -0.2) is 4.79 Å². The molecule has 1 aliphatic rings. The minimum absolute atomic E-state index is 0.445. The van der Waals surface area contributed by atoms with Crippen LogP contribution in [0.2, 0.25) is 5.02 Å². The summed E-state index contributed by atoms with van der Waals surface area (Å²) in [7, 11) is 0. The number of nitrogens with one attached hydrogen (secondary N) is 1. The quantitative estimate of drug-likeness (QED) is 0.442. The first-order chi connectivity index (χ1) is 15.6. The molecule has 0 aliphatic heterocycles. The zero-order valence-corrected chi connectivity index (χ0v) is 19.3. The summed E-state index contributed by atoms with van der Waals surface area (Å²) >= 11 is 6.63. The van der Waals surface area contributed by atoms with Gasteiger partial charge in [-0.05, 0) is 61.9 Å². The van der Waals surface area contributed by atoms with E-state index in [0.717, 1.165) is 73.4 Å². The average molecular weight is 452 g/mol. The van der Waals surface area contributed by atoms with E-state index < -0.39 is 6.09 Å². The Morgan fingerprint density at radius 1 is 1.16 bits per heavy atom. The fraction of sp³-hybridized carbons (Fsp3) is 0.385. The molecule has 3 aromatic rings. The number of rotatable bonds is 8. The molecule has 1 N–H and O–H groups in total. The molecule has 0 fully saturated rings. The van der Waals surface area contributed by atoms with Crippen LogP contribution in [0, 0.1) is 0 Å². The molecule has 5 nitrogen and oxygen atoms in total. The zero-order chi connectivity index (χ0) is 22.3. The first kappa shape index (κ1) is 22.6. The Labute approximate surface area is 194 Å². The number of nitrogens with zero attached hydrogens (tertiary/aromatic N) is 2. The molecular weight excluding hydrogens is 422 g/mol. The third-order valence-electron chi connectivity index (χ3n) is 5.99. The average Bonchev–Trinajstić information content (AvgIpc) is 2.81. The van der Waals surface area contributed by atoms with Crippen molar-refractivity contribution in [3.8, 4) is 5.75 Å². The van der Waals surface area contributed by atoms with E-state index in [9.17, 15) is 4.79 Å². The second kappa shape index (κ2) is 10.8. The monoisotopic (exact) mass is 451 g/mol. The van der Waals surface area contributed by atoms with Crippen molar-refractivity contribution in [2.75, 3.05) is 19.6 Å². The van der Waals surface area contributed by atoms with Gasteiger partial charge in [0, 0.05) is 36.8 Å². The van der Waals surface area contributed by atoms with E-state index in [-0.39, 0.29) is 0 Å². The predicted octanol–water partition coefficient (Wildman–Crippen LogP) is 5.77. The number of hydrogen-bond acceptors (Lipinski definition) is 4. The van der Waals surface area contributed by atoms with Gasteiger partial charge in [-0.2, -0.15) is 0 Å². The number of carbonyl (C=O) groups is 1. The van der Waals surface area contributed by atoms with Crippen LogP contribution >= 0.6 is 11.6 Å². The van der Waals surface area contributed by atoms with Crippen LogP contribution in [-0.2, 0) is 19.4 Å². The Balaban J connectivity index is 1.28. The minimum atomic E-state index is -0.445. The van der Waals surface area contributed by atoms with Crippen molar-refractivity contribution < 1.29 is 9.53 Å². The van der Waals surface area contributed by atoms with Crippen LogP contribution in [0.5, 0.6) is 5.75 Å². The van der Waals surface area contributed by atoms with Crippen LogP contribution in [-0.4, -0.2) is 35.6 Å². The van der Waals surface area contributed by atoms with Crippen LogP contribution < -0.4 is 10.1 Å². The molecule has 168 valence electrons. The molecule has 2 aromatic carbocycles. The maximum absolute atomic E-state index is 12.3. The largest absolute Gasteiger partial charge is 0.412 e. The highest BCUT2D eigenvalue weighted by Gasteiger charge is 2.17. The molecule has 0 radical (unpaired) electrons. The molecule has 0 bridgehead atoms. The van der Waals surface area contributed by atoms with E-state index in [1.54, 1.807) is 12.1 Å². The van der Waals surface area contributed by atoms with Gasteiger partial charge < -0.3 is 10.1 Å². The van der Waals surface area contributed by atoms with Gasteiger partial charge in [0.25, 0.3) is 0 Å². The van der Waals surface area contributed by atoms with Crippen LogP contribution in [0.15, 0.2) is 48.5 Å². The SMILES string of the molecule is CCN(CCCNC(=O)Oc1ccc2c(Cl)c3c(nc2c1)CCCC3)Cc1ccccc1. The zero-order valence-electron chi connectivity index (χ0n) is 18.6. The second-order valence-electron chi connectivity index (χ2n) is 8.26. The van der Waals surface area contributed by atoms with Gasteiger partial charge in [0.2, 0.25) is 0 Å². The van der Waals surface area contributed by atoms with Gasteiger partial charge in [0.1, 0.15) is 5.75 Å². The fourth-order valence-corrected chi connectivity index (χ4v) is 4.60. The number of fused-ring (bicyclic) bond motifs is 2. The maximum atomic E-state index is 12.3. The number of aromatic nitrogens is 1. The number of halogens is 1. The third-order valence-corrected chi connectivity index (χ3v) is 6.42. The number of ether oxygens (including phenoxy) is 1.